The van der Waals surface area contributed by atoms with E-state index in [-0.39, 0.29) is 24.0 Å². The lowest BCUT2D eigenvalue weighted by molar-refractivity contribution is -0.107. The summed E-state index contributed by atoms with van der Waals surface area (Å²) in [7, 11) is 0. The molecule has 1 unspecified atom stereocenters. The number of ether oxygens (including phenoxy) is 1. The Kier molecular flexibility index (Phi) is 6.55. The van der Waals surface area contributed by atoms with Gasteiger partial charge in [0.2, 0.25) is 0 Å². The van der Waals surface area contributed by atoms with Gasteiger partial charge in [-0.05, 0) is 39.7 Å². The smallest absolute Gasteiger partial charge is 0.411 e. The van der Waals surface area contributed by atoms with Crippen molar-refractivity contribution in [2.75, 3.05) is 11.4 Å². The first-order valence-corrected chi connectivity index (χ1v) is 10.6. The summed E-state index contributed by atoms with van der Waals surface area (Å²) in [5.74, 6) is -2.61. The van der Waals surface area contributed by atoms with Crippen molar-refractivity contribution in [2.45, 2.75) is 76.1 Å². The van der Waals surface area contributed by atoms with E-state index < -0.39 is 36.1 Å². The first kappa shape index (κ1) is 23.4. The number of alkyl halides is 2. The SMILES string of the molecule is C=CCN(c1nnc(Cl)cc1CC=O)[C@H]1CC2N(C(=O)OC(C)(C)C)[C@@H](C1)CC2(F)F. The largest absolute Gasteiger partial charge is 0.444 e. The van der Waals surface area contributed by atoms with E-state index in [1.165, 1.54) is 4.90 Å². The van der Waals surface area contributed by atoms with Crippen LogP contribution in [-0.4, -0.2) is 63.7 Å². The molecule has 3 atom stereocenters. The van der Waals surface area contributed by atoms with Crippen LogP contribution >= 0.6 is 11.6 Å². The summed E-state index contributed by atoms with van der Waals surface area (Å²) in [6, 6.07) is -0.752. The van der Waals surface area contributed by atoms with Gasteiger partial charge in [-0.25, -0.2) is 13.6 Å². The van der Waals surface area contributed by atoms with Crippen LogP contribution in [0.15, 0.2) is 18.7 Å². The fourth-order valence-corrected chi connectivity index (χ4v) is 4.60. The molecular weight excluding hydrogens is 430 g/mol. The molecule has 1 aromatic heterocycles. The molecule has 2 fully saturated rings. The zero-order valence-electron chi connectivity index (χ0n) is 17.9. The van der Waals surface area contributed by atoms with Crippen LogP contribution in [0.25, 0.3) is 0 Å². The second kappa shape index (κ2) is 8.68. The topological polar surface area (TPSA) is 75.6 Å². The lowest BCUT2D eigenvalue weighted by Gasteiger charge is -2.43. The number of aromatic nitrogens is 2. The maximum atomic E-state index is 14.8. The van der Waals surface area contributed by atoms with Gasteiger partial charge in [-0.3, -0.25) is 4.90 Å². The number of hydrogen-bond acceptors (Lipinski definition) is 6. The number of amides is 1. The number of anilines is 1. The summed E-state index contributed by atoms with van der Waals surface area (Å²) in [6.45, 7) is 9.20. The number of carbonyl (C=O) groups is 2. The second-order valence-corrected chi connectivity index (χ2v) is 9.36. The van der Waals surface area contributed by atoms with Crippen molar-refractivity contribution >= 4 is 29.8 Å². The zero-order chi connectivity index (χ0) is 23.0. The van der Waals surface area contributed by atoms with E-state index >= 15 is 0 Å². The third-order valence-corrected chi connectivity index (χ3v) is 5.72. The quantitative estimate of drug-likeness (QED) is 0.475. The van der Waals surface area contributed by atoms with E-state index in [4.69, 9.17) is 16.3 Å². The lowest BCUT2D eigenvalue weighted by atomic mass is 9.95. The lowest BCUT2D eigenvalue weighted by Crippen LogP contribution is -2.56. The Morgan fingerprint density at radius 3 is 2.71 bits per heavy atom. The van der Waals surface area contributed by atoms with Crippen LogP contribution in [0.4, 0.5) is 19.4 Å². The molecule has 1 aromatic rings. The number of halogens is 3. The van der Waals surface area contributed by atoms with Crippen molar-refractivity contribution < 1.29 is 23.1 Å². The van der Waals surface area contributed by atoms with Crippen LogP contribution < -0.4 is 4.90 Å². The summed E-state index contributed by atoms with van der Waals surface area (Å²) < 4.78 is 35.1. The van der Waals surface area contributed by atoms with Crippen LogP contribution in [0, 0.1) is 0 Å². The average Bonchev–Trinajstić information content (AvgIpc) is 2.80. The van der Waals surface area contributed by atoms with Crippen LogP contribution in [0.1, 0.15) is 45.6 Å². The molecule has 3 heterocycles. The van der Waals surface area contributed by atoms with Crippen molar-refractivity contribution in [2.24, 2.45) is 0 Å². The predicted octanol–water partition coefficient (Wildman–Crippen LogP) is 4.04. The molecular formula is C21H27ClF2N4O3. The zero-order valence-corrected chi connectivity index (χ0v) is 18.6. The Morgan fingerprint density at radius 1 is 1.42 bits per heavy atom. The first-order valence-electron chi connectivity index (χ1n) is 10.2. The van der Waals surface area contributed by atoms with Crippen molar-refractivity contribution in [3.63, 3.8) is 0 Å². The number of fused-ring (bicyclic) bond motifs is 2. The molecule has 170 valence electrons. The molecule has 0 saturated carbocycles. The molecule has 10 heteroatoms. The van der Waals surface area contributed by atoms with E-state index in [0.29, 0.717) is 24.3 Å². The van der Waals surface area contributed by atoms with E-state index in [1.807, 2.05) is 4.90 Å². The average molecular weight is 457 g/mol. The minimum absolute atomic E-state index is 0.0292. The monoisotopic (exact) mass is 456 g/mol. The molecule has 2 aliphatic heterocycles. The molecule has 0 spiro atoms. The molecule has 0 aliphatic carbocycles. The molecule has 0 radical (unpaired) electrons. The van der Waals surface area contributed by atoms with Crippen LogP contribution in [-0.2, 0) is 16.0 Å². The summed E-state index contributed by atoms with van der Waals surface area (Å²) in [6.07, 6.45) is 1.64. The Hall–Kier alpha value is -2.29. The maximum Gasteiger partial charge on any atom is 0.411 e. The standard InChI is InChI=1S/C21H27ClF2N4O3/c1-5-7-27(18-13(6-8-29)9-17(22)25-26-18)14-10-15-12-21(23,24)16(11-14)28(15)19(30)31-20(2,3)4/h5,8-9,14-16H,1,6-7,10-12H2,2-4H3/t14-,15+,16?/m1/s1. The highest BCUT2D eigenvalue weighted by Gasteiger charge is 2.60. The molecule has 0 N–H and O–H groups in total. The normalized spacial score (nSPS) is 24.6. The predicted molar refractivity (Wildman–Crippen MR) is 113 cm³/mol. The molecule has 1 amide bonds. The van der Waals surface area contributed by atoms with E-state index in [2.05, 4.69) is 16.8 Å². The molecule has 2 aliphatic rings. The Labute approximate surface area is 185 Å². The van der Waals surface area contributed by atoms with Gasteiger partial charge in [0.25, 0.3) is 5.92 Å². The Morgan fingerprint density at radius 2 is 2.13 bits per heavy atom. The number of hydrogen-bond donors (Lipinski definition) is 0. The van der Waals surface area contributed by atoms with Gasteiger partial charge in [-0.2, -0.15) is 0 Å². The maximum absolute atomic E-state index is 14.8. The van der Waals surface area contributed by atoms with Crippen molar-refractivity contribution in [1.82, 2.24) is 15.1 Å². The molecule has 31 heavy (non-hydrogen) atoms. The molecule has 2 saturated heterocycles. The van der Waals surface area contributed by atoms with Gasteiger partial charge in [-0.15, -0.1) is 16.8 Å². The first-order chi connectivity index (χ1) is 14.5. The fraction of sp³-hybridized carbons (Fsp3) is 0.619. The molecule has 7 nitrogen and oxygen atoms in total. The van der Waals surface area contributed by atoms with E-state index in [9.17, 15) is 18.4 Å². The van der Waals surface area contributed by atoms with Gasteiger partial charge in [0.1, 0.15) is 17.9 Å². The van der Waals surface area contributed by atoms with E-state index in [1.54, 1.807) is 32.9 Å². The number of carbonyl (C=O) groups excluding carboxylic acids is 2. The number of aldehydes is 1. The Balaban J connectivity index is 1.91. The summed E-state index contributed by atoms with van der Waals surface area (Å²) in [5, 5.41) is 8.17. The van der Waals surface area contributed by atoms with Crippen LogP contribution in [0.3, 0.4) is 0 Å². The third kappa shape index (κ3) is 4.97. The number of rotatable bonds is 6. The summed E-state index contributed by atoms with van der Waals surface area (Å²) in [5.41, 5.74) is -0.217. The number of nitrogens with zero attached hydrogens (tertiary/aromatic N) is 4. The highest BCUT2D eigenvalue weighted by molar-refractivity contribution is 6.29. The van der Waals surface area contributed by atoms with Crippen LogP contribution in [0.5, 0.6) is 0 Å². The van der Waals surface area contributed by atoms with Gasteiger partial charge < -0.3 is 14.4 Å². The minimum Gasteiger partial charge on any atom is -0.444 e. The second-order valence-electron chi connectivity index (χ2n) is 8.98. The van der Waals surface area contributed by atoms with Crippen molar-refractivity contribution in [3.8, 4) is 0 Å². The summed E-state index contributed by atoms with van der Waals surface area (Å²) >= 11 is 5.94. The minimum atomic E-state index is -3.02. The van der Waals surface area contributed by atoms with Gasteiger partial charge in [0, 0.05) is 37.0 Å². The summed E-state index contributed by atoms with van der Waals surface area (Å²) in [4.78, 5) is 26.8. The van der Waals surface area contributed by atoms with Crippen LogP contribution in [0.2, 0.25) is 5.15 Å². The highest BCUT2D eigenvalue weighted by Crippen LogP contribution is 2.47. The van der Waals surface area contributed by atoms with Crippen molar-refractivity contribution in [3.05, 3.63) is 29.4 Å². The molecule has 0 aromatic carbocycles. The highest BCUT2D eigenvalue weighted by atomic mass is 35.5. The third-order valence-electron chi connectivity index (χ3n) is 5.53. The van der Waals surface area contributed by atoms with E-state index in [0.717, 1.165) is 6.29 Å². The van der Waals surface area contributed by atoms with Gasteiger partial charge in [-0.1, -0.05) is 17.7 Å². The molecule has 3 rings (SSSR count). The van der Waals surface area contributed by atoms with Gasteiger partial charge >= 0.3 is 6.09 Å². The Bertz CT molecular complexity index is 862. The van der Waals surface area contributed by atoms with Gasteiger partial charge in [0.15, 0.2) is 11.0 Å². The molecule has 2 bridgehead atoms. The van der Waals surface area contributed by atoms with Crippen molar-refractivity contribution in [1.29, 1.82) is 0 Å². The number of piperidine rings is 1. The van der Waals surface area contributed by atoms with Gasteiger partial charge in [0.05, 0.1) is 0 Å². The fourth-order valence-electron chi connectivity index (χ4n) is 4.43.